The maximum absolute atomic E-state index is 14.0. The Labute approximate surface area is 246 Å². The maximum Gasteiger partial charge on any atom is 0.296 e. The van der Waals surface area contributed by atoms with Gasteiger partial charge in [0.05, 0.1) is 35.5 Å². The van der Waals surface area contributed by atoms with Gasteiger partial charge in [0.1, 0.15) is 5.58 Å². The third-order valence-electron chi connectivity index (χ3n) is 7.30. The summed E-state index contributed by atoms with van der Waals surface area (Å²) in [5.41, 5.74) is 2.77. The molecule has 3 heterocycles. The van der Waals surface area contributed by atoms with Gasteiger partial charge in [-0.1, -0.05) is 55.5 Å². The van der Waals surface area contributed by atoms with E-state index >= 15 is 0 Å². The molecule has 0 unspecified atom stereocenters. The van der Waals surface area contributed by atoms with Gasteiger partial charge in [-0.15, -0.1) is 0 Å². The summed E-state index contributed by atoms with van der Waals surface area (Å²) in [5.74, 6) is -0.442. The number of benzene rings is 3. The molecule has 9 heteroatoms. The first-order valence-corrected chi connectivity index (χ1v) is 14.5. The van der Waals surface area contributed by atoms with Gasteiger partial charge >= 0.3 is 0 Å². The van der Waals surface area contributed by atoms with Gasteiger partial charge < -0.3 is 19.0 Å². The highest BCUT2D eigenvalue weighted by Gasteiger charge is 2.47. The summed E-state index contributed by atoms with van der Waals surface area (Å²) < 4.78 is 18.4. The average molecular weight is 583 g/mol. The number of aliphatic hydroxyl groups is 1. The van der Waals surface area contributed by atoms with Crippen molar-refractivity contribution < 1.29 is 28.6 Å². The number of amides is 1. The second-order valence-corrected chi connectivity index (χ2v) is 11.7. The first kappa shape index (κ1) is 27.5. The molecule has 0 saturated carbocycles. The van der Waals surface area contributed by atoms with Crippen molar-refractivity contribution in [2.75, 3.05) is 18.6 Å². The molecule has 1 aliphatic rings. The molecule has 0 bridgehead atoms. The Morgan fingerprint density at radius 3 is 2.67 bits per heavy atom. The van der Waals surface area contributed by atoms with Crippen molar-refractivity contribution >= 4 is 49.3 Å². The number of ether oxygens (including phenoxy) is 2. The number of ketones is 1. The van der Waals surface area contributed by atoms with Crippen LogP contribution < -0.4 is 14.4 Å². The summed E-state index contributed by atoms with van der Waals surface area (Å²) in [6.45, 7) is 6.75. The summed E-state index contributed by atoms with van der Waals surface area (Å²) in [6, 6.07) is 19.0. The number of aliphatic hydroxyl groups excluding tert-OH is 1. The molecule has 214 valence electrons. The van der Waals surface area contributed by atoms with Crippen LogP contribution in [-0.4, -0.2) is 35.5 Å². The highest BCUT2D eigenvalue weighted by atomic mass is 32.1. The maximum atomic E-state index is 14.0. The highest BCUT2D eigenvalue weighted by molar-refractivity contribution is 7.22. The van der Waals surface area contributed by atoms with Crippen LogP contribution in [0.5, 0.6) is 11.5 Å². The van der Waals surface area contributed by atoms with Gasteiger partial charge in [-0.2, -0.15) is 0 Å². The van der Waals surface area contributed by atoms with Gasteiger partial charge in [0.25, 0.3) is 5.91 Å². The third kappa shape index (κ3) is 4.90. The van der Waals surface area contributed by atoms with E-state index in [4.69, 9.17) is 18.9 Å². The van der Waals surface area contributed by atoms with E-state index in [0.717, 1.165) is 27.6 Å². The molecule has 1 aliphatic heterocycles. The van der Waals surface area contributed by atoms with Crippen LogP contribution in [-0.2, 0) is 4.79 Å². The van der Waals surface area contributed by atoms with Crippen LogP contribution in [0.25, 0.3) is 21.2 Å². The number of para-hydroxylation sites is 1. The molecule has 1 amide bonds. The molecular formula is C33H30N2O6S. The summed E-state index contributed by atoms with van der Waals surface area (Å²) in [7, 11) is 1.54. The Kier molecular flexibility index (Phi) is 7.20. The van der Waals surface area contributed by atoms with Gasteiger partial charge in [-0.25, -0.2) is 4.98 Å². The minimum Gasteiger partial charge on any atom is -0.503 e. The van der Waals surface area contributed by atoms with Crippen molar-refractivity contribution in [2.45, 2.75) is 33.2 Å². The second-order valence-electron chi connectivity index (χ2n) is 10.7. The fourth-order valence-corrected chi connectivity index (χ4v) is 6.17. The van der Waals surface area contributed by atoms with Crippen LogP contribution in [0, 0.1) is 12.8 Å². The van der Waals surface area contributed by atoms with E-state index in [-0.39, 0.29) is 11.3 Å². The molecule has 5 aromatic rings. The Hall–Kier alpha value is -4.63. The first-order valence-electron chi connectivity index (χ1n) is 13.7. The van der Waals surface area contributed by atoms with Crippen LogP contribution in [0.1, 0.15) is 48.0 Å². The predicted octanol–water partition coefficient (Wildman–Crippen LogP) is 7.57. The Morgan fingerprint density at radius 2 is 1.90 bits per heavy atom. The summed E-state index contributed by atoms with van der Waals surface area (Å²) in [4.78, 5) is 33.8. The molecule has 0 aliphatic carbocycles. The summed E-state index contributed by atoms with van der Waals surface area (Å²) >= 11 is 1.32. The monoisotopic (exact) mass is 582 g/mol. The van der Waals surface area contributed by atoms with Crippen LogP contribution in [0.2, 0.25) is 0 Å². The number of anilines is 1. The number of carbonyl (C=O) groups is 2. The lowest BCUT2D eigenvalue weighted by Gasteiger charge is -2.25. The number of fused-ring (bicyclic) bond motifs is 2. The molecule has 8 nitrogen and oxygen atoms in total. The Balaban J connectivity index is 1.47. The topological polar surface area (TPSA) is 102 Å². The van der Waals surface area contributed by atoms with Crippen molar-refractivity contribution in [3.63, 3.8) is 0 Å². The van der Waals surface area contributed by atoms with Crippen LogP contribution in [0.15, 0.2) is 82.5 Å². The lowest BCUT2D eigenvalue weighted by molar-refractivity contribution is -0.117. The van der Waals surface area contributed by atoms with Crippen molar-refractivity contribution in [2.24, 2.45) is 5.92 Å². The Morgan fingerprint density at radius 1 is 1.10 bits per heavy atom. The largest absolute Gasteiger partial charge is 0.503 e. The molecule has 2 aromatic heterocycles. The van der Waals surface area contributed by atoms with Crippen molar-refractivity contribution in [3.05, 3.63) is 94.9 Å². The fraction of sp³-hybridized carbons (Fsp3) is 0.242. The minimum absolute atomic E-state index is 0.0259. The first-order chi connectivity index (χ1) is 20.2. The lowest BCUT2D eigenvalue weighted by Crippen LogP contribution is -2.31. The number of carbonyl (C=O) groups excluding carboxylic acids is 2. The smallest absolute Gasteiger partial charge is 0.296 e. The molecule has 0 fully saturated rings. The molecule has 0 radical (unpaired) electrons. The van der Waals surface area contributed by atoms with E-state index in [1.165, 1.54) is 23.3 Å². The van der Waals surface area contributed by atoms with E-state index in [0.29, 0.717) is 40.3 Å². The van der Waals surface area contributed by atoms with E-state index < -0.39 is 23.5 Å². The van der Waals surface area contributed by atoms with E-state index in [2.05, 4.69) is 13.8 Å². The number of nitrogens with zero attached hydrogens (tertiary/aromatic N) is 2. The van der Waals surface area contributed by atoms with Crippen molar-refractivity contribution in [1.82, 2.24) is 4.98 Å². The zero-order valence-corrected chi connectivity index (χ0v) is 24.5. The van der Waals surface area contributed by atoms with Crippen LogP contribution >= 0.6 is 11.3 Å². The van der Waals surface area contributed by atoms with Crippen molar-refractivity contribution in [1.29, 1.82) is 0 Å². The summed E-state index contributed by atoms with van der Waals surface area (Å²) in [5, 5.41) is 12.3. The number of thiazole rings is 1. The van der Waals surface area contributed by atoms with Crippen LogP contribution in [0.4, 0.5) is 5.13 Å². The number of aryl methyl sites for hydroxylation is 1. The van der Waals surface area contributed by atoms with Gasteiger partial charge in [-0.3, -0.25) is 14.5 Å². The van der Waals surface area contributed by atoms with E-state index in [1.54, 1.807) is 30.3 Å². The van der Waals surface area contributed by atoms with Gasteiger partial charge in [-0.05, 0) is 66.8 Å². The third-order valence-corrected chi connectivity index (χ3v) is 8.31. The van der Waals surface area contributed by atoms with Gasteiger partial charge in [0, 0.05) is 5.39 Å². The molecule has 6 rings (SSSR count). The molecule has 3 aromatic carbocycles. The number of Topliss-reactive ketones (excluding diaryl/α,β-unsaturated/α-hetero) is 1. The molecule has 1 atom stereocenters. The van der Waals surface area contributed by atoms with E-state index in [1.807, 2.05) is 43.3 Å². The molecule has 42 heavy (non-hydrogen) atoms. The standard InChI is InChI=1S/C33H30N2O6S/c1-18(2)13-14-40-24-12-10-21(17-25(24)39-4)29-28(30(36)26-16-20-7-5-6-8-23(20)41-26)31(37)32(38)35(29)33-34-22-11-9-19(3)15-27(22)42-33/h5-12,15-18,29,37H,13-14H2,1-4H3/t29-/m1/s1. The van der Waals surface area contributed by atoms with Crippen molar-refractivity contribution in [3.8, 4) is 11.5 Å². The number of hydrogen-bond acceptors (Lipinski definition) is 8. The zero-order chi connectivity index (χ0) is 29.5. The number of rotatable bonds is 9. The normalized spacial score (nSPS) is 15.4. The fourth-order valence-electron chi connectivity index (χ4n) is 5.08. The molecular weight excluding hydrogens is 552 g/mol. The Bertz CT molecular complexity index is 1830. The highest BCUT2D eigenvalue weighted by Crippen LogP contribution is 2.46. The lowest BCUT2D eigenvalue weighted by atomic mass is 9.95. The van der Waals surface area contributed by atoms with Crippen LogP contribution in [0.3, 0.4) is 0 Å². The number of furan rings is 1. The average Bonchev–Trinajstić information content (AvgIpc) is 3.66. The quantitative estimate of drug-likeness (QED) is 0.179. The van der Waals surface area contributed by atoms with Gasteiger partial charge in [0.2, 0.25) is 5.78 Å². The summed E-state index contributed by atoms with van der Waals surface area (Å²) in [6.07, 6.45) is 0.875. The molecule has 0 spiro atoms. The molecule has 1 N–H and O–H groups in total. The zero-order valence-electron chi connectivity index (χ0n) is 23.7. The number of aromatic nitrogens is 1. The predicted molar refractivity (Wildman–Crippen MR) is 163 cm³/mol. The second kappa shape index (κ2) is 11.0. The SMILES string of the molecule is COc1cc([C@@H]2C(C(=O)c3cc4ccccc4o3)=C(O)C(=O)N2c2nc3ccc(C)cc3s2)ccc1OCCC(C)C. The van der Waals surface area contributed by atoms with Gasteiger partial charge in [0.15, 0.2) is 28.1 Å². The molecule has 0 saturated heterocycles. The number of hydrogen-bond donors (Lipinski definition) is 1. The number of methoxy groups -OCH3 is 1. The minimum atomic E-state index is -0.988. The van der Waals surface area contributed by atoms with E-state index in [9.17, 15) is 14.7 Å².